The van der Waals surface area contributed by atoms with E-state index in [1.807, 2.05) is 27.7 Å². The number of fused-ring (bicyclic) bond motifs is 1. The molecule has 0 fully saturated rings. The number of nitrogens with one attached hydrogen (secondary N) is 1. The summed E-state index contributed by atoms with van der Waals surface area (Å²) in [6.07, 6.45) is 1.91. The van der Waals surface area contributed by atoms with E-state index < -0.39 is 6.04 Å². The van der Waals surface area contributed by atoms with Gasteiger partial charge in [-0.2, -0.15) is 0 Å². The van der Waals surface area contributed by atoms with Crippen molar-refractivity contribution < 1.29 is 9.21 Å². The van der Waals surface area contributed by atoms with Crippen molar-refractivity contribution in [3.8, 4) is 0 Å². The lowest BCUT2D eigenvalue weighted by Crippen LogP contribution is -2.40. The van der Waals surface area contributed by atoms with Crippen LogP contribution in [0.5, 0.6) is 0 Å². The fourth-order valence-corrected chi connectivity index (χ4v) is 2.36. The molecule has 0 radical (unpaired) electrons. The molecule has 0 aliphatic carbocycles. The molecular weight excluding hydrogens is 270 g/mol. The molecule has 21 heavy (non-hydrogen) atoms. The van der Waals surface area contributed by atoms with E-state index in [1.54, 1.807) is 6.92 Å². The van der Waals surface area contributed by atoms with Crippen molar-refractivity contribution in [3.05, 3.63) is 28.0 Å². The minimum absolute atomic E-state index is 0.0249. The zero-order valence-corrected chi connectivity index (χ0v) is 13.1. The summed E-state index contributed by atoms with van der Waals surface area (Å²) in [4.78, 5) is 29.0. The van der Waals surface area contributed by atoms with E-state index in [1.165, 1.54) is 10.9 Å². The predicted octanol–water partition coefficient (Wildman–Crippen LogP) is 2.08. The molecule has 0 aromatic carbocycles. The first kappa shape index (κ1) is 15.3. The van der Waals surface area contributed by atoms with Crippen LogP contribution < -0.4 is 10.9 Å². The van der Waals surface area contributed by atoms with Crippen LogP contribution in [-0.2, 0) is 4.79 Å². The van der Waals surface area contributed by atoms with Crippen LogP contribution in [0.3, 0.4) is 0 Å². The summed E-state index contributed by atoms with van der Waals surface area (Å²) in [5.41, 5.74) is 0.862. The second-order valence-corrected chi connectivity index (χ2v) is 5.51. The second-order valence-electron chi connectivity index (χ2n) is 5.51. The van der Waals surface area contributed by atoms with Crippen LogP contribution in [0.15, 0.2) is 15.5 Å². The minimum Gasteiger partial charge on any atom is -0.443 e. The van der Waals surface area contributed by atoms with Crippen molar-refractivity contribution in [2.24, 2.45) is 0 Å². The molecule has 0 saturated heterocycles. The Morgan fingerprint density at radius 3 is 2.67 bits per heavy atom. The van der Waals surface area contributed by atoms with Gasteiger partial charge in [-0.1, -0.05) is 6.92 Å². The molecule has 1 N–H and O–H groups in total. The summed E-state index contributed by atoms with van der Waals surface area (Å²) in [7, 11) is 0. The lowest BCUT2D eigenvalue weighted by atomic mass is 10.1. The lowest BCUT2D eigenvalue weighted by molar-refractivity contribution is -0.125. The van der Waals surface area contributed by atoms with Crippen LogP contribution in [0.25, 0.3) is 11.1 Å². The van der Waals surface area contributed by atoms with E-state index in [-0.39, 0.29) is 17.5 Å². The van der Waals surface area contributed by atoms with Gasteiger partial charge in [-0.05, 0) is 34.1 Å². The van der Waals surface area contributed by atoms with Gasteiger partial charge in [0, 0.05) is 11.6 Å². The van der Waals surface area contributed by atoms with Gasteiger partial charge in [0.2, 0.25) is 11.6 Å². The molecule has 1 unspecified atom stereocenters. The first-order valence-electron chi connectivity index (χ1n) is 7.14. The largest absolute Gasteiger partial charge is 0.443 e. The fourth-order valence-electron chi connectivity index (χ4n) is 2.36. The smallest absolute Gasteiger partial charge is 0.265 e. The number of aryl methyl sites for hydroxylation is 2. The normalized spacial score (nSPS) is 12.9. The summed E-state index contributed by atoms with van der Waals surface area (Å²) in [5, 5.41) is 3.29. The number of aromatic nitrogens is 2. The highest BCUT2D eigenvalue weighted by Gasteiger charge is 2.23. The third-order valence-corrected chi connectivity index (χ3v) is 3.57. The quantitative estimate of drug-likeness (QED) is 0.935. The zero-order chi connectivity index (χ0) is 15.7. The Morgan fingerprint density at radius 2 is 2.10 bits per heavy atom. The van der Waals surface area contributed by atoms with Crippen molar-refractivity contribution >= 4 is 17.0 Å². The monoisotopic (exact) mass is 291 g/mol. The highest BCUT2D eigenvalue weighted by Crippen LogP contribution is 2.20. The van der Waals surface area contributed by atoms with Gasteiger partial charge in [0.15, 0.2) is 0 Å². The summed E-state index contributed by atoms with van der Waals surface area (Å²) in [6, 6.07) is -0.539. The number of hydrogen-bond acceptors (Lipinski definition) is 4. The first-order valence-corrected chi connectivity index (χ1v) is 7.14. The molecule has 1 amide bonds. The van der Waals surface area contributed by atoms with Crippen molar-refractivity contribution in [2.45, 2.75) is 53.1 Å². The molecule has 2 heterocycles. The Bertz CT molecular complexity index is 728. The minimum atomic E-state index is -0.564. The van der Waals surface area contributed by atoms with E-state index >= 15 is 0 Å². The molecule has 0 bridgehead atoms. The molecule has 6 nitrogen and oxygen atoms in total. The van der Waals surface area contributed by atoms with E-state index in [0.717, 1.165) is 5.56 Å². The Balaban J connectivity index is 2.55. The van der Waals surface area contributed by atoms with Gasteiger partial charge in [0.1, 0.15) is 23.5 Å². The molecule has 114 valence electrons. The highest BCUT2D eigenvalue weighted by molar-refractivity contribution is 5.82. The second kappa shape index (κ2) is 5.71. The van der Waals surface area contributed by atoms with Crippen molar-refractivity contribution in [3.63, 3.8) is 0 Å². The molecule has 2 aromatic rings. The van der Waals surface area contributed by atoms with Crippen LogP contribution in [0, 0.1) is 13.8 Å². The van der Waals surface area contributed by atoms with Crippen molar-refractivity contribution in [1.82, 2.24) is 14.9 Å². The maximum atomic E-state index is 12.6. The van der Waals surface area contributed by atoms with Crippen LogP contribution in [0.2, 0.25) is 0 Å². The maximum absolute atomic E-state index is 12.6. The number of carbonyl (C=O) groups is 1. The third kappa shape index (κ3) is 2.70. The Kier molecular flexibility index (Phi) is 4.16. The maximum Gasteiger partial charge on any atom is 0.265 e. The van der Waals surface area contributed by atoms with E-state index in [0.29, 0.717) is 23.3 Å². The number of rotatable bonds is 4. The SMILES string of the molecule is CCC(C(=O)NC(C)C)n1cnc2oc(C)c(C)c2c1=O. The van der Waals surface area contributed by atoms with Crippen LogP contribution >= 0.6 is 0 Å². The summed E-state index contributed by atoms with van der Waals surface area (Å²) < 4.78 is 6.84. The average Bonchev–Trinajstić information content (AvgIpc) is 2.68. The van der Waals surface area contributed by atoms with Gasteiger partial charge in [0.05, 0.1) is 0 Å². The van der Waals surface area contributed by atoms with Gasteiger partial charge in [-0.25, -0.2) is 4.98 Å². The van der Waals surface area contributed by atoms with E-state index in [2.05, 4.69) is 10.3 Å². The standard InChI is InChI=1S/C15H21N3O3/c1-6-11(13(19)17-8(2)3)18-7-16-14-12(15(18)20)9(4)10(5)21-14/h7-8,11H,6H2,1-5H3,(H,17,19). The van der Waals surface area contributed by atoms with E-state index in [9.17, 15) is 9.59 Å². The molecule has 2 rings (SSSR count). The zero-order valence-electron chi connectivity index (χ0n) is 13.1. The molecule has 1 atom stereocenters. The topological polar surface area (TPSA) is 77.1 Å². The molecular formula is C15H21N3O3. The van der Waals surface area contributed by atoms with Crippen molar-refractivity contribution in [2.75, 3.05) is 0 Å². The Morgan fingerprint density at radius 1 is 1.43 bits per heavy atom. The van der Waals surface area contributed by atoms with Gasteiger partial charge < -0.3 is 9.73 Å². The molecule has 6 heteroatoms. The van der Waals surface area contributed by atoms with Crippen LogP contribution in [0.1, 0.15) is 44.6 Å². The van der Waals surface area contributed by atoms with Gasteiger partial charge in [-0.15, -0.1) is 0 Å². The van der Waals surface area contributed by atoms with Gasteiger partial charge >= 0.3 is 0 Å². The Hall–Kier alpha value is -2.11. The summed E-state index contributed by atoms with van der Waals surface area (Å²) in [5.74, 6) is 0.501. The number of carbonyl (C=O) groups excluding carboxylic acids is 1. The van der Waals surface area contributed by atoms with E-state index in [4.69, 9.17) is 4.42 Å². The average molecular weight is 291 g/mol. The van der Waals surface area contributed by atoms with Gasteiger partial charge in [0.25, 0.3) is 5.56 Å². The molecule has 0 spiro atoms. The summed E-state index contributed by atoms with van der Waals surface area (Å²) in [6.45, 7) is 9.26. The number of amides is 1. The fraction of sp³-hybridized carbons (Fsp3) is 0.533. The molecule has 0 aliphatic rings. The van der Waals surface area contributed by atoms with Crippen LogP contribution in [-0.4, -0.2) is 21.5 Å². The lowest BCUT2D eigenvalue weighted by Gasteiger charge is -2.19. The highest BCUT2D eigenvalue weighted by atomic mass is 16.3. The predicted molar refractivity (Wildman–Crippen MR) is 80.3 cm³/mol. The third-order valence-electron chi connectivity index (χ3n) is 3.57. The van der Waals surface area contributed by atoms with Gasteiger partial charge in [-0.3, -0.25) is 14.2 Å². The first-order chi connectivity index (χ1) is 9.86. The van der Waals surface area contributed by atoms with Crippen LogP contribution in [0.4, 0.5) is 0 Å². The number of hydrogen-bond donors (Lipinski definition) is 1. The summed E-state index contributed by atoms with van der Waals surface area (Å²) >= 11 is 0. The molecule has 2 aromatic heterocycles. The number of furan rings is 1. The molecule has 0 saturated carbocycles. The Labute approximate surface area is 123 Å². The molecule has 0 aliphatic heterocycles. The van der Waals surface area contributed by atoms with Crippen molar-refractivity contribution in [1.29, 1.82) is 0 Å². The number of nitrogens with zero attached hydrogens (tertiary/aromatic N) is 2.